The minimum absolute atomic E-state index is 0. The number of hydrogen-bond donors (Lipinski definition) is 2. The molecule has 0 spiro atoms. The van der Waals surface area contributed by atoms with Crippen LogP contribution >= 0.6 is 0 Å². The van der Waals surface area contributed by atoms with E-state index in [1.165, 1.54) is 7.11 Å². The Morgan fingerprint density at radius 1 is 1.38 bits per heavy atom. The van der Waals surface area contributed by atoms with Gasteiger partial charge in [-0.15, -0.1) is 11.6 Å². The topological polar surface area (TPSA) is 87.7 Å². The number of carbonyl (C=O) groups excluding carboxylic acids is 3. The standard InChI is InChI=1S/C16H20N3O4.W/c1-19(2)11-5-4-10(8-12(9-11)23-3)15(21)17-13-6-7-14(20)18-16(13)22;/h4-5,13H,6-7,9H2,1-3H3,(H,17,21)(H,18,20,22);/q-1;. The first-order valence-corrected chi connectivity index (χ1v) is 7.30. The van der Waals surface area contributed by atoms with Crippen molar-refractivity contribution in [3.8, 4) is 0 Å². The number of allylic oxidation sites excluding steroid dienone is 2. The van der Waals surface area contributed by atoms with Gasteiger partial charge in [-0.1, -0.05) is 6.08 Å². The fourth-order valence-corrected chi connectivity index (χ4v) is 2.27. The van der Waals surface area contributed by atoms with Crippen molar-refractivity contribution in [1.29, 1.82) is 0 Å². The van der Waals surface area contributed by atoms with Crippen molar-refractivity contribution in [2.75, 3.05) is 21.2 Å². The zero-order chi connectivity index (χ0) is 17.0. The molecule has 0 saturated carbocycles. The fourth-order valence-electron chi connectivity index (χ4n) is 2.27. The van der Waals surface area contributed by atoms with Crippen LogP contribution in [-0.2, 0) is 40.2 Å². The Hall–Kier alpha value is -1.88. The van der Waals surface area contributed by atoms with Crippen molar-refractivity contribution < 1.29 is 40.2 Å². The van der Waals surface area contributed by atoms with Crippen LogP contribution in [0.3, 0.4) is 0 Å². The number of carbonyl (C=O) groups is 3. The van der Waals surface area contributed by atoms with Crippen molar-refractivity contribution in [1.82, 2.24) is 15.5 Å². The SMILES string of the molecule is COC1=[C-]C(C(=O)NC2CCC(=O)NC2=O)=CC=C(N(C)C)C1.[W]. The zero-order valence-electron chi connectivity index (χ0n) is 13.8. The fraction of sp³-hybridized carbons (Fsp3) is 0.438. The average molecular weight is 502 g/mol. The largest absolute Gasteiger partial charge is 0.514 e. The van der Waals surface area contributed by atoms with Gasteiger partial charge >= 0.3 is 0 Å². The number of imide groups is 1. The Balaban J connectivity index is 0.00000288. The predicted molar refractivity (Wildman–Crippen MR) is 82.5 cm³/mol. The summed E-state index contributed by atoms with van der Waals surface area (Å²) in [5.74, 6) is -0.692. The van der Waals surface area contributed by atoms with E-state index >= 15 is 0 Å². The first kappa shape index (κ1) is 20.2. The predicted octanol–water partition coefficient (Wildman–Crippen LogP) is 0.0144. The first-order chi connectivity index (χ1) is 10.9. The molecule has 0 radical (unpaired) electrons. The summed E-state index contributed by atoms with van der Waals surface area (Å²) in [6, 6.07) is -0.713. The van der Waals surface area contributed by atoms with E-state index in [2.05, 4.69) is 16.7 Å². The summed E-state index contributed by atoms with van der Waals surface area (Å²) in [4.78, 5) is 37.1. The van der Waals surface area contributed by atoms with Crippen molar-refractivity contribution >= 4 is 17.7 Å². The van der Waals surface area contributed by atoms with Crippen LogP contribution in [0.5, 0.6) is 0 Å². The molecule has 1 aliphatic heterocycles. The van der Waals surface area contributed by atoms with Crippen molar-refractivity contribution in [3.63, 3.8) is 0 Å². The summed E-state index contributed by atoms with van der Waals surface area (Å²) in [7, 11) is 5.33. The number of hydrogen-bond acceptors (Lipinski definition) is 5. The van der Waals surface area contributed by atoms with Gasteiger partial charge in [0.1, 0.15) is 5.91 Å². The molecule has 2 rings (SSSR count). The summed E-state index contributed by atoms with van der Waals surface area (Å²) < 4.78 is 5.25. The van der Waals surface area contributed by atoms with Crippen LogP contribution in [0.15, 0.2) is 29.2 Å². The smallest absolute Gasteiger partial charge is 0.248 e. The number of rotatable bonds is 4. The minimum Gasteiger partial charge on any atom is -0.514 e. The summed E-state index contributed by atoms with van der Waals surface area (Å²) >= 11 is 0. The Morgan fingerprint density at radius 2 is 2.08 bits per heavy atom. The number of amides is 3. The second-order valence-corrected chi connectivity index (χ2v) is 5.54. The normalized spacial score (nSPS) is 20.5. The van der Waals surface area contributed by atoms with Gasteiger partial charge in [-0.2, -0.15) is 6.08 Å². The molecule has 0 bridgehead atoms. The van der Waals surface area contributed by atoms with Crippen LogP contribution in [-0.4, -0.2) is 49.9 Å². The molecule has 0 aromatic carbocycles. The van der Waals surface area contributed by atoms with Gasteiger partial charge in [-0.3, -0.25) is 14.9 Å². The number of ether oxygens (including phenoxy) is 1. The Kier molecular flexibility index (Phi) is 7.42. The van der Waals surface area contributed by atoms with E-state index in [0.717, 1.165) is 5.70 Å². The van der Waals surface area contributed by atoms with Crippen LogP contribution in [0.4, 0.5) is 0 Å². The molecule has 8 heteroatoms. The third-order valence-electron chi connectivity index (χ3n) is 3.67. The number of piperidine rings is 1. The zero-order valence-corrected chi connectivity index (χ0v) is 16.8. The van der Waals surface area contributed by atoms with E-state index in [4.69, 9.17) is 4.74 Å². The van der Waals surface area contributed by atoms with Gasteiger partial charge < -0.3 is 19.7 Å². The quantitative estimate of drug-likeness (QED) is 0.418. The number of nitrogens with one attached hydrogen (secondary N) is 2. The molecule has 0 aromatic rings. The van der Waals surface area contributed by atoms with E-state index in [-0.39, 0.29) is 39.0 Å². The second kappa shape index (κ2) is 8.83. The van der Waals surface area contributed by atoms with Gasteiger partial charge in [0.05, 0.1) is 13.2 Å². The van der Waals surface area contributed by atoms with E-state index < -0.39 is 17.9 Å². The second-order valence-electron chi connectivity index (χ2n) is 5.54. The van der Waals surface area contributed by atoms with E-state index in [0.29, 0.717) is 18.6 Å². The molecule has 3 amide bonds. The maximum absolute atomic E-state index is 12.4. The van der Waals surface area contributed by atoms with Crippen molar-refractivity contribution in [2.45, 2.75) is 25.3 Å². The molecule has 24 heavy (non-hydrogen) atoms. The Morgan fingerprint density at radius 3 is 2.67 bits per heavy atom. The van der Waals surface area contributed by atoms with Gasteiger partial charge in [0.25, 0.3) is 0 Å². The summed E-state index contributed by atoms with van der Waals surface area (Å²) in [6.07, 6.45) is 7.42. The molecule has 1 unspecified atom stereocenters. The molecule has 1 aliphatic carbocycles. The third-order valence-corrected chi connectivity index (χ3v) is 3.67. The Labute approximate surface area is 155 Å². The van der Waals surface area contributed by atoms with Crippen molar-refractivity contribution in [2.24, 2.45) is 0 Å². The van der Waals surface area contributed by atoms with Gasteiger partial charge in [-0.25, -0.2) is 0 Å². The van der Waals surface area contributed by atoms with Gasteiger partial charge in [-0.05, 0) is 6.42 Å². The first-order valence-electron chi connectivity index (χ1n) is 7.30. The maximum Gasteiger partial charge on any atom is 0.248 e. The monoisotopic (exact) mass is 502 g/mol. The van der Waals surface area contributed by atoms with Crippen LogP contribution in [0, 0.1) is 6.08 Å². The van der Waals surface area contributed by atoms with Crippen LogP contribution in [0.25, 0.3) is 0 Å². The van der Waals surface area contributed by atoms with Crippen LogP contribution < -0.4 is 10.6 Å². The summed E-state index contributed by atoms with van der Waals surface area (Å²) in [6.45, 7) is 0. The number of methoxy groups -OCH3 is 1. The van der Waals surface area contributed by atoms with E-state index in [1.807, 2.05) is 25.1 Å². The van der Waals surface area contributed by atoms with Crippen LogP contribution in [0.2, 0.25) is 0 Å². The molecule has 7 nitrogen and oxygen atoms in total. The van der Waals surface area contributed by atoms with Crippen LogP contribution in [0.1, 0.15) is 19.3 Å². The van der Waals surface area contributed by atoms with E-state index in [1.54, 1.807) is 6.08 Å². The molecule has 130 valence electrons. The summed E-state index contributed by atoms with van der Waals surface area (Å²) in [5, 5.41) is 4.84. The molecular formula is C16H20N3O4W-. The Bertz CT molecular complexity index is 623. The maximum atomic E-state index is 12.4. The van der Waals surface area contributed by atoms with Gasteiger partial charge in [0.2, 0.25) is 11.8 Å². The molecule has 1 atom stereocenters. The van der Waals surface area contributed by atoms with Gasteiger partial charge in [0, 0.05) is 59.5 Å². The average Bonchev–Trinajstić information content (AvgIpc) is 2.72. The van der Waals surface area contributed by atoms with E-state index in [9.17, 15) is 14.4 Å². The molecule has 2 aliphatic rings. The van der Waals surface area contributed by atoms with Crippen molar-refractivity contribution in [3.05, 3.63) is 35.3 Å². The van der Waals surface area contributed by atoms with Gasteiger partial charge in [0.15, 0.2) is 0 Å². The molecule has 0 aromatic heterocycles. The third kappa shape index (κ3) is 5.06. The number of nitrogens with zero attached hydrogens (tertiary/aromatic N) is 1. The summed E-state index contributed by atoms with van der Waals surface area (Å²) in [5.41, 5.74) is 1.25. The molecule has 1 heterocycles. The molecule has 1 saturated heterocycles. The minimum atomic E-state index is -0.713. The molecule has 1 fully saturated rings. The molecule has 2 N–H and O–H groups in total. The molecular weight excluding hydrogens is 482 g/mol.